The maximum Gasteiger partial charge on any atom is 0.265 e. The van der Waals surface area contributed by atoms with E-state index in [0.29, 0.717) is 18.1 Å². The molecule has 0 saturated carbocycles. The van der Waals surface area contributed by atoms with Crippen molar-refractivity contribution in [2.24, 2.45) is 0 Å². The maximum atomic E-state index is 13.1. The van der Waals surface area contributed by atoms with E-state index in [2.05, 4.69) is 30.9 Å². The predicted octanol–water partition coefficient (Wildman–Crippen LogP) is 3.12. The molecular weight excluding hydrogens is 462 g/mol. The van der Waals surface area contributed by atoms with Crippen LogP contribution >= 0.6 is 12.2 Å². The Hall–Kier alpha value is -4.44. The van der Waals surface area contributed by atoms with Crippen LogP contribution in [-0.2, 0) is 16.0 Å². The molecule has 1 saturated heterocycles. The Morgan fingerprint density at radius 3 is 2.46 bits per heavy atom. The number of aryl methyl sites for hydroxylation is 1. The van der Waals surface area contributed by atoms with E-state index in [1.165, 1.54) is 10.5 Å². The number of aromatic amines is 2. The van der Waals surface area contributed by atoms with E-state index in [1.807, 2.05) is 66.7 Å². The van der Waals surface area contributed by atoms with Crippen molar-refractivity contribution in [2.75, 3.05) is 6.54 Å². The molecule has 1 aliphatic rings. The highest BCUT2D eigenvalue weighted by Gasteiger charge is 2.33. The zero-order valence-electron chi connectivity index (χ0n) is 18.6. The van der Waals surface area contributed by atoms with Crippen LogP contribution in [0.5, 0.6) is 0 Å². The minimum Gasteiger partial charge on any atom is -0.355 e. The Morgan fingerprint density at radius 1 is 0.943 bits per heavy atom. The summed E-state index contributed by atoms with van der Waals surface area (Å²) in [5, 5.41) is 16.6. The third-order valence-corrected chi connectivity index (χ3v) is 6.02. The quantitative estimate of drug-likeness (QED) is 0.211. The van der Waals surface area contributed by atoms with Crippen molar-refractivity contribution in [3.05, 3.63) is 83.6 Å². The van der Waals surface area contributed by atoms with Crippen LogP contribution in [0.3, 0.4) is 0 Å². The molecule has 3 N–H and O–H groups in total. The molecule has 2 aromatic heterocycles. The van der Waals surface area contributed by atoms with Crippen LogP contribution in [0, 0.1) is 0 Å². The average molecular weight is 484 g/mol. The second kappa shape index (κ2) is 9.82. The lowest BCUT2D eigenvalue weighted by Crippen LogP contribution is -2.54. The van der Waals surface area contributed by atoms with E-state index in [-0.39, 0.29) is 10.7 Å². The van der Waals surface area contributed by atoms with Crippen molar-refractivity contribution in [1.29, 1.82) is 0 Å². The summed E-state index contributed by atoms with van der Waals surface area (Å²) in [5.41, 5.74) is 4.51. The first-order chi connectivity index (χ1) is 17.1. The second-order valence-electron chi connectivity index (χ2n) is 8.02. The van der Waals surface area contributed by atoms with Gasteiger partial charge in [-0.25, -0.2) is 5.10 Å². The van der Waals surface area contributed by atoms with E-state index in [4.69, 9.17) is 12.2 Å². The van der Waals surface area contributed by atoms with Gasteiger partial charge in [-0.2, -0.15) is 0 Å². The summed E-state index contributed by atoms with van der Waals surface area (Å²) in [7, 11) is 0. The van der Waals surface area contributed by atoms with Gasteiger partial charge in [0.2, 0.25) is 0 Å². The number of hydrogen-bond donors (Lipinski definition) is 3. The SMILES string of the molecule is O=C1NC(=S)N(CCCc2ccccc2)C(=O)C1=Cc1ccc(-c2ccc(-c3nnn[nH]3)cc2)[nH]1. The highest BCUT2D eigenvalue weighted by atomic mass is 32.1. The van der Waals surface area contributed by atoms with Crippen molar-refractivity contribution < 1.29 is 9.59 Å². The van der Waals surface area contributed by atoms with Gasteiger partial charge in [0.1, 0.15) is 5.57 Å². The minimum atomic E-state index is -0.500. The predicted molar refractivity (Wildman–Crippen MR) is 135 cm³/mol. The van der Waals surface area contributed by atoms with Crippen molar-refractivity contribution in [3.8, 4) is 22.6 Å². The molecule has 2 aromatic carbocycles. The van der Waals surface area contributed by atoms with Crippen LogP contribution in [0.2, 0.25) is 0 Å². The van der Waals surface area contributed by atoms with E-state index in [0.717, 1.165) is 29.7 Å². The molecule has 4 aromatic rings. The molecule has 10 heteroatoms. The van der Waals surface area contributed by atoms with E-state index in [9.17, 15) is 9.59 Å². The fraction of sp³-hybridized carbons (Fsp3) is 0.120. The largest absolute Gasteiger partial charge is 0.355 e. The maximum absolute atomic E-state index is 13.1. The summed E-state index contributed by atoms with van der Waals surface area (Å²) in [5.74, 6) is -0.310. The number of nitrogens with zero attached hydrogens (tertiary/aromatic N) is 4. The first kappa shape index (κ1) is 22.4. The van der Waals surface area contributed by atoms with E-state index < -0.39 is 11.8 Å². The molecule has 0 bridgehead atoms. The summed E-state index contributed by atoms with van der Waals surface area (Å²) in [6, 6.07) is 21.4. The van der Waals surface area contributed by atoms with Crippen molar-refractivity contribution >= 4 is 35.2 Å². The van der Waals surface area contributed by atoms with Gasteiger partial charge in [-0.3, -0.25) is 19.8 Å². The molecule has 174 valence electrons. The topological polar surface area (TPSA) is 120 Å². The van der Waals surface area contributed by atoms with Gasteiger partial charge < -0.3 is 4.98 Å². The molecule has 1 fully saturated rings. The third kappa shape index (κ3) is 4.92. The molecule has 9 nitrogen and oxygen atoms in total. The number of H-pyrrole nitrogens is 2. The number of benzene rings is 2. The Kier molecular flexibility index (Phi) is 6.27. The minimum absolute atomic E-state index is 0.0416. The lowest BCUT2D eigenvalue weighted by molar-refractivity contribution is -0.128. The number of aromatic nitrogens is 5. The highest BCUT2D eigenvalue weighted by Crippen LogP contribution is 2.23. The number of carbonyl (C=O) groups is 2. The van der Waals surface area contributed by atoms with Crippen LogP contribution in [0.25, 0.3) is 28.7 Å². The molecule has 0 atom stereocenters. The number of amides is 2. The molecule has 35 heavy (non-hydrogen) atoms. The summed E-state index contributed by atoms with van der Waals surface area (Å²) in [6.45, 7) is 0.424. The van der Waals surface area contributed by atoms with E-state index >= 15 is 0 Å². The second-order valence-corrected chi connectivity index (χ2v) is 8.40. The van der Waals surface area contributed by atoms with Gasteiger partial charge in [0, 0.05) is 23.5 Å². The Bertz CT molecular complexity index is 1390. The molecule has 5 rings (SSSR count). The molecule has 1 aliphatic heterocycles. The standard InChI is InChI=1S/C25H21N7O2S/c33-23-20(24(34)32(25(35)27-23)14-4-7-16-5-2-1-3-6-16)15-19-12-13-21(26-19)17-8-10-18(11-9-17)22-28-30-31-29-22/h1-3,5-6,8-13,15,26H,4,7,14H2,(H,27,33,35)(H,28,29,30,31). The van der Waals surface area contributed by atoms with Gasteiger partial charge in [-0.1, -0.05) is 54.6 Å². The van der Waals surface area contributed by atoms with Crippen LogP contribution < -0.4 is 5.32 Å². The fourth-order valence-corrected chi connectivity index (χ4v) is 4.16. The first-order valence-corrected chi connectivity index (χ1v) is 11.5. The summed E-state index contributed by atoms with van der Waals surface area (Å²) in [6.07, 6.45) is 3.10. The lowest BCUT2D eigenvalue weighted by atomic mass is 10.1. The van der Waals surface area contributed by atoms with Gasteiger partial charge in [0.15, 0.2) is 10.9 Å². The molecule has 0 unspecified atom stereocenters. The molecule has 0 aliphatic carbocycles. The Labute approximate surface area is 206 Å². The van der Waals surface area contributed by atoms with Gasteiger partial charge in [0.05, 0.1) is 0 Å². The van der Waals surface area contributed by atoms with Crippen LogP contribution in [0.15, 0.2) is 72.3 Å². The number of tetrazole rings is 1. The number of thiocarbonyl (C=S) groups is 1. The van der Waals surface area contributed by atoms with Gasteiger partial charge >= 0.3 is 0 Å². The Morgan fingerprint density at radius 2 is 1.71 bits per heavy atom. The fourth-order valence-electron chi connectivity index (χ4n) is 3.89. The molecule has 3 heterocycles. The zero-order chi connectivity index (χ0) is 24.2. The van der Waals surface area contributed by atoms with Crippen molar-refractivity contribution in [1.82, 2.24) is 35.8 Å². The molecule has 0 radical (unpaired) electrons. The average Bonchev–Trinajstić information content (AvgIpc) is 3.57. The van der Waals surface area contributed by atoms with Crippen LogP contribution in [-0.4, -0.2) is 54.0 Å². The van der Waals surface area contributed by atoms with Gasteiger partial charge in [-0.05, 0) is 64.8 Å². The normalized spacial score (nSPS) is 15.0. The summed E-state index contributed by atoms with van der Waals surface area (Å²) < 4.78 is 0. The zero-order valence-corrected chi connectivity index (χ0v) is 19.4. The monoisotopic (exact) mass is 483 g/mol. The first-order valence-electron chi connectivity index (χ1n) is 11.0. The lowest BCUT2D eigenvalue weighted by Gasteiger charge is -2.28. The van der Waals surface area contributed by atoms with Crippen molar-refractivity contribution in [3.63, 3.8) is 0 Å². The molecule has 2 amide bonds. The highest BCUT2D eigenvalue weighted by molar-refractivity contribution is 7.80. The third-order valence-electron chi connectivity index (χ3n) is 5.70. The molecular formula is C25H21N7O2S. The summed E-state index contributed by atoms with van der Waals surface area (Å²) in [4.78, 5) is 30.3. The van der Waals surface area contributed by atoms with Gasteiger partial charge in [-0.15, -0.1) is 5.10 Å². The summed E-state index contributed by atoms with van der Waals surface area (Å²) >= 11 is 5.26. The molecule has 0 spiro atoms. The van der Waals surface area contributed by atoms with Crippen LogP contribution in [0.4, 0.5) is 0 Å². The number of carbonyl (C=O) groups excluding carboxylic acids is 2. The van der Waals surface area contributed by atoms with Gasteiger partial charge in [0.25, 0.3) is 11.8 Å². The number of rotatable bonds is 7. The Balaban J connectivity index is 1.29. The number of hydrogen-bond acceptors (Lipinski definition) is 6. The number of nitrogens with one attached hydrogen (secondary N) is 3. The van der Waals surface area contributed by atoms with E-state index in [1.54, 1.807) is 6.08 Å². The van der Waals surface area contributed by atoms with Crippen molar-refractivity contribution in [2.45, 2.75) is 12.8 Å². The smallest absolute Gasteiger partial charge is 0.265 e. The van der Waals surface area contributed by atoms with Crippen LogP contribution in [0.1, 0.15) is 17.7 Å².